The van der Waals surface area contributed by atoms with E-state index in [0.717, 1.165) is 38.6 Å². The average Bonchev–Trinajstić information content (AvgIpc) is 3.28. The molecule has 2 amide bonds. The lowest BCUT2D eigenvalue weighted by Crippen LogP contribution is -2.40. The Morgan fingerprint density at radius 3 is 1.63 bits per heavy atom. The summed E-state index contributed by atoms with van der Waals surface area (Å²) in [6.45, 7) is 0.0635. The molecule has 0 spiro atoms. The molecule has 2 heterocycles. The van der Waals surface area contributed by atoms with E-state index in [1.807, 2.05) is 97.1 Å². The number of unbranched alkanes of at least 4 members (excludes halogenated alkanes) is 1. The van der Waals surface area contributed by atoms with Crippen molar-refractivity contribution in [3.63, 3.8) is 0 Å². The van der Waals surface area contributed by atoms with E-state index in [-0.39, 0.29) is 42.6 Å². The van der Waals surface area contributed by atoms with Crippen LogP contribution in [0.5, 0.6) is 0 Å². The van der Waals surface area contributed by atoms with Crippen molar-refractivity contribution in [1.29, 1.82) is 0 Å². The number of pyridine rings is 2. The number of carboxylic acids is 1. The number of aliphatic carboxylic acids is 1. The van der Waals surface area contributed by atoms with Gasteiger partial charge in [-0.05, 0) is 67.8 Å². The number of carbonyl (C=O) groups excluding carboxylic acids is 2. The molecular formula is C46H36N8O8. The van der Waals surface area contributed by atoms with E-state index in [2.05, 4.69) is 26.3 Å². The van der Waals surface area contributed by atoms with Crippen LogP contribution < -0.4 is 21.3 Å². The number of nitrogens with zero attached hydrogens (tertiary/aromatic N) is 4. The zero-order chi connectivity index (χ0) is 43.3. The highest BCUT2D eigenvalue weighted by atomic mass is 16.6. The Bertz CT molecular complexity index is 3000. The van der Waals surface area contributed by atoms with Crippen LogP contribution in [0.3, 0.4) is 0 Å². The lowest BCUT2D eigenvalue weighted by molar-refractivity contribution is -0.385. The molecule has 1 atom stereocenters. The Morgan fingerprint density at radius 1 is 0.597 bits per heavy atom. The first-order valence-corrected chi connectivity index (χ1v) is 19.5. The van der Waals surface area contributed by atoms with Crippen LogP contribution in [-0.2, 0) is 4.79 Å². The Balaban J connectivity index is 0.895. The van der Waals surface area contributed by atoms with Crippen molar-refractivity contribution < 1.29 is 29.3 Å². The third-order valence-electron chi connectivity index (χ3n) is 10.4. The second-order valence-electron chi connectivity index (χ2n) is 14.4. The summed E-state index contributed by atoms with van der Waals surface area (Å²) in [6, 6.07) is 36.5. The molecule has 1 unspecified atom stereocenters. The summed E-state index contributed by atoms with van der Waals surface area (Å²) < 4.78 is 0. The van der Waals surface area contributed by atoms with Gasteiger partial charge in [0.1, 0.15) is 17.3 Å². The van der Waals surface area contributed by atoms with Gasteiger partial charge in [0.2, 0.25) is 0 Å². The van der Waals surface area contributed by atoms with E-state index in [1.165, 1.54) is 24.3 Å². The predicted octanol–water partition coefficient (Wildman–Crippen LogP) is 9.18. The zero-order valence-corrected chi connectivity index (χ0v) is 32.7. The normalized spacial score (nSPS) is 11.6. The molecule has 6 aromatic carbocycles. The maximum atomic E-state index is 13.3. The summed E-state index contributed by atoms with van der Waals surface area (Å²) in [6.07, 6.45) is 0.498. The maximum Gasteiger partial charge on any atom is 0.326 e. The molecule has 308 valence electrons. The van der Waals surface area contributed by atoms with Crippen molar-refractivity contribution in [2.45, 2.75) is 25.3 Å². The number of nitrogens with one attached hydrogen (secondary N) is 4. The van der Waals surface area contributed by atoms with Gasteiger partial charge >= 0.3 is 5.97 Å². The molecular weight excluding hydrogens is 793 g/mol. The Kier molecular flexibility index (Phi) is 11.3. The number of benzene rings is 6. The van der Waals surface area contributed by atoms with E-state index in [0.29, 0.717) is 28.1 Å². The summed E-state index contributed by atoms with van der Waals surface area (Å²) >= 11 is 0. The molecule has 0 fully saturated rings. The van der Waals surface area contributed by atoms with Gasteiger partial charge in [0.05, 0.1) is 43.3 Å². The van der Waals surface area contributed by atoms with Gasteiger partial charge in [0.15, 0.2) is 0 Å². The van der Waals surface area contributed by atoms with Crippen LogP contribution in [0, 0.1) is 20.2 Å². The minimum absolute atomic E-state index is 0.0280. The molecule has 8 rings (SSSR count). The van der Waals surface area contributed by atoms with Gasteiger partial charge < -0.3 is 26.4 Å². The number of fused-ring (bicyclic) bond motifs is 4. The monoisotopic (exact) mass is 828 g/mol. The third-order valence-corrected chi connectivity index (χ3v) is 10.4. The molecule has 62 heavy (non-hydrogen) atoms. The SMILES string of the molecule is O=C(NC(CCCCNC(=O)c1ccc(Nc2c3ccccc3nc3ccccc23)cc1[N+](=O)[O-])C(=O)O)c1ccc(Nc2c3ccccc3nc3ccccc23)c([N+](=O)[O-])c1. The van der Waals surface area contributed by atoms with Gasteiger partial charge in [0, 0.05) is 51.5 Å². The lowest BCUT2D eigenvalue weighted by Gasteiger charge is -2.16. The molecule has 0 saturated heterocycles. The lowest BCUT2D eigenvalue weighted by atomic mass is 10.1. The molecule has 16 nitrogen and oxygen atoms in total. The maximum absolute atomic E-state index is 13.3. The van der Waals surface area contributed by atoms with Gasteiger partial charge in [-0.15, -0.1) is 0 Å². The highest BCUT2D eigenvalue weighted by molar-refractivity contribution is 6.10. The number of hydrogen-bond donors (Lipinski definition) is 5. The van der Waals surface area contributed by atoms with Crippen molar-refractivity contribution in [1.82, 2.24) is 20.6 Å². The third kappa shape index (κ3) is 8.33. The number of carboxylic acid groups (broad SMARTS) is 1. The van der Waals surface area contributed by atoms with Crippen molar-refractivity contribution in [3.05, 3.63) is 165 Å². The number of hydrogen-bond acceptors (Lipinski definition) is 11. The topological polar surface area (TPSA) is 232 Å². The fourth-order valence-electron chi connectivity index (χ4n) is 7.38. The molecule has 5 N–H and O–H groups in total. The number of nitro benzene ring substituents is 2. The van der Waals surface area contributed by atoms with Gasteiger partial charge in [-0.2, -0.15) is 0 Å². The van der Waals surface area contributed by atoms with Crippen molar-refractivity contribution in [2.24, 2.45) is 0 Å². The molecule has 0 aliphatic carbocycles. The summed E-state index contributed by atoms with van der Waals surface area (Å²) in [5, 5.41) is 49.0. The predicted molar refractivity (Wildman–Crippen MR) is 236 cm³/mol. The first-order chi connectivity index (χ1) is 30.0. The second kappa shape index (κ2) is 17.4. The Morgan fingerprint density at radius 2 is 1.11 bits per heavy atom. The molecule has 8 aromatic rings. The van der Waals surface area contributed by atoms with Crippen molar-refractivity contribution >= 4 is 95.5 Å². The van der Waals surface area contributed by atoms with Crippen LogP contribution in [0.1, 0.15) is 40.0 Å². The van der Waals surface area contributed by atoms with Crippen molar-refractivity contribution in [3.8, 4) is 0 Å². The summed E-state index contributed by atoms with van der Waals surface area (Å²) in [4.78, 5) is 71.1. The van der Waals surface area contributed by atoms with Gasteiger partial charge in [-0.25, -0.2) is 14.8 Å². The molecule has 0 radical (unpaired) electrons. The standard InChI is InChI=1S/C46H36N8O8/c55-44(27-20-23-38(41(25-27)54(61)62)51-43-31-13-3-7-17-36(31)50-37-18-8-4-14-32(37)43)52-39(46(57)58)19-9-10-24-47-45(56)33-22-21-28(26-40(33)53(59)60)48-42-29-11-1-5-15-34(29)49-35-16-6-2-12-30(35)42/h1-8,11-18,20-23,25-26,39H,9-10,19,24H2,(H,47,56)(H,48,49)(H,50,51)(H,52,55)(H,57,58). The molecule has 16 heteroatoms. The first-order valence-electron chi connectivity index (χ1n) is 19.5. The van der Waals surface area contributed by atoms with Gasteiger partial charge in [0.25, 0.3) is 23.2 Å². The number of carbonyl (C=O) groups is 3. The molecule has 0 saturated carbocycles. The zero-order valence-electron chi connectivity index (χ0n) is 32.7. The number of amides is 2. The largest absolute Gasteiger partial charge is 0.480 e. The number of anilines is 4. The highest BCUT2D eigenvalue weighted by Gasteiger charge is 2.25. The van der Waals surface area contributed by atoms with Gasteiger partial charge in [-0.1, -0.05) is 72.8 Å². The second-order valence-corrected chi connectivity index (χ2v) is 14.4. The Labute approximate surface area is 351 Å². The molecule has 0 bridgehead atoms. The smallest absolute Gasteiger partial charge is 0.326 e. The number of rotatable bonds is 15. The van der Waals surface area contributed by atoms with Crippen LogP contribution in [-0.4, -0.2) is 55.3 Å². The molecule has 0 aliphatic heterocycles. The van der Waals surface area contributed by atoms with Crippen LogP contribution in [0.2, 0.25) is 0 Å². The quantitative estimate of drug-likeness (QED) is 0.0282. The summed E-state index contributed by atoms with van der Waals surface area (Å²) in [7, 11) is 0. The molecule has 0 aliphatic rings. The van der Waals surface area contributed by atoms with Crippen LogP contribution >= 0.6 is 0 Å². The Hall–Kier alpha value is -8.53. The van der Waals surface area contributed by atoms with E-state index in [1.54, 1.807) is 6.07 Å². The van der Waals surface area contributed by atoms with Crippen LogP contribution in [0.4, 0.5) is 34.1 Å². The first kappa shape index (κ1) is 40.3. The van der Waals surface area contributed by atoms with Gasteiger partial charge in [-0.3, -0.25) is 29.8 Å². The van der Waals surface area contributed by atoms with Crippen LogP contribution in [0.15, 0.2) is 133 Å². The summed E-state index contributed by atoms with van der Waals surface area (Å²) in [5.41, 5.74) is 3.60. The van der Waals surface area contributed by atoms with E-state index in [4.69, 9.17) is 4.98 Å². The minimum atomic E-state index is -1.35. The van der Waals surface area contributed by atoms with Crippen LogP contribution in [0.25, 0.3) is 43.6 Å². The highest BCUT2D eigenvalue weighted by Crippen LogP contribution is 2.37. The van der Waals surface area contributed by atoms with E-state index < -0.39 is 45.0 Å². The fourth-order valence-corrected chi connectivity index (χ4v) is 7.38. The molecule has 2 aromatic heterocycles. The minimum Gasteiger partial charge on any atom is -0.480 e. The van der Waals surface area contributed by atoms with E-state index >= 15 is 0 Å². The fraction of sp³-hybridized carbons (Fsp3) is 0.109. The van der Waals surface area contributed by atoms with E-state index in [9.17, 15) is 39.7 Å². The average molecular weight is 829 g/mol. The number of aromatic nitrogens is 2. The summed E-state index contributed by atoms with van der Waals surface area (Å²) in [5.74, 6) is -2.82. The number of nitro groups is 2. The van der Waals surface area contributed by atoms with Crippen molar-refractivity contribution in [2.75, 3.05) is 17.2 Å². The number of para-hydroxylation sites is 4.